The molecule has 0 aliphatic heterocycles. The fraction of sp³-hybridized carbons (Fsp3) is 0.364. The number of carboxylic acids is 1. The van der Waals surface area contributed by atoms with Crippen LogP contribution in [-0.2, 0) is 10.2 Å². The summed E-state index contributed by atoms with van der Waals surface area (Å²) in [5.41, 5.74) is -0.861. The van der Waals surface area contributed by atoms with E-state index in [9.17, 15) is 19.4 Å². The number of halogens is 1. The van der Waals surface area contributed by atoms with Crippen molar-refractivity contribution < 1.29 is 24.5 Å². The van der Waals surface area contributed by atoms with Crippen LogP contribution in [0.3, 0.4) is 0 Å². The van der Waals surface area contributed by atoms with Crippen LogP contribution in [0.4, 0.5) is 4.39 Å². The summed E-state index contributed by atoms with van der Waals surface area (Å²) in [6.45, 7) is 0. The van der Waals surface area contributed by atoms with Gasteiger partial charge < -0.3 is 15.3 Å². The zero-order valence-electron chi connectivity index (χ0n) is 8.35. The molecule has 1 aromatic carbocycles. The fourth-order valence-electron chi connectivity index (χ4n) is 1.98. The van der Waals surface area contributed by atoms with Crippen LogP contribution < -0.4 is 0 Å². The van der Waals surface area contributed by atoms with Gasteiger partial charge in [0.05, 0.1) is 0 Å². The second-order valence-corrected chi connectivity index (χ2v) is 4.03. The highest BCUT2D eigenvalue weighted by molar-refractivity contribution is 5.76. The first-order valence-corrected chi connectivity index (χ1v) is 4.88. The molecule has 1 atom stereocenters. The van der Waals surface area contributed by atoms with Crippen LogP contribution in [0.15, 0.2) is 18.2 Å². The summed E-state index contributed by atoms with van der Waals surface area (Å²) in [7, 11) is 0. The monoisotopic (exact) mass is 226 g/mol. The summed E-state index contributed by atoms with van der Waals surface area (Å²) in [6.07, 6.45) is -0.755. The van der Waals surface area contributed by atoms with Crippen molar-refractivity contribution in [2.24, 2.45) is 0 Å². The molecule has 0 aromatic heterocycles. The molecular formula is C11H11FO4. The number of hydrogen-bond acceptors (Lipinski definition) is 3. The quantitative estimate of drug-likeness (QED) is 0.718. The van der Waals surface area contributed by atoms with E-state index < -0.39 is 29.1 Å². The third kappa shape index (κ3) is 1.44. The number of carbonyl (C=O) groups is 1. The summed E-state index contributed by atoms with van der Waals surface area (Å²) >= 11 is 0. The van der Waals surface area contributed by atoms with Crippen LogP contribution in [0.5, 0.6) is 5.75 Å². The number of benzene rings is 1. The Morgan fingerprint density at radius 1 is 1.44 bits per heavy atom. The summed E-state index contributed by atoms with van der Waals surface area (Å²) < 4.78 is 13.1. The smallest absolute Gasteiger partial charge is 0.333 e. The van der Waals surface area contributed by atoms with Gasteiger partial charge in [0.15, 0.2) is 17.7 Å². The standard InChI is InChI=1S/C11H11FO4/c12-7-3-1-2-6(8(7)13)11(4-5-11)9(14)10(15)16/h1-3,9,13-14H,4-5H2,(H,15,16). The molecule has 2 rings (SSSR count). The molecule has 86 valence electrons. The molecule has 1 aliphatic rings. The topological polar surface area (TPSA) is 77.8 Å². The van der Waals surface area contributed by atoms with Crippen LogP contribution in [0, 0.1) is 5.82 Å². The maximum atomic E-state index is 13.1. The number of aliphatic hydroxyl groups is 1. The summed E-state index contributed by atoms with van der Waals surface area (Å²) in [4.78, 5) is 10.7. The fourth-order valence-corrected chi connectivity index (χ4v) is 1.98. The largest absolute Gasteiger partial charge is 0.505 e. The second-order valence-electron chi connectivity index (χ2n) is 4.03. The Kier molecular flexibility index (Phi) is 2.35. The molecule has 1 aliphatic carbocycles. The van der Waals surface area contributed by atoms with Crippen molar-refractivity contribution in [1.82, 2.24) is 0 Å². The molecule has 0 bridgehead atoms. The van der Waals surface area contributed by atoms with Gasteiger partial charge >= 0.3 is 5.97 Å². The lowest BCUT2D eigenvalue weighted by Gasteiger charge is -2.20. The highest BCUT2D eigenvalue weighted by atomic mass is 19.1. The SMILES string of the molecule is O=C(O)C(O)C1(c2cccc(F)c2O)CC1. The molecule has 4 nitrogen and oxygen atoms in total. The molecule has 0 saturated heterocycles. The van der Waals surface area contributed by atoms with Gasteiger partial charge in [-0.15, -0.1) is 0 Å². The number of aromatic hydroxyl groups is 1. The first-order valence-electron chi connectivity index (χ1n) is 4.88. The van der Waals surface area contributed by atoms with E-state index in [4.69, 9.17) is 5.11 Å². The Balaban J connectivity index is 2.45. The van der Waals surface area contributed by atoms with Crippen molar-refractivity contribution in [3.05, 3.63) is 29.6 Å². The first kappa shape index (κ1) is 10.9. The van der Waals surface area contributed by atoms with Crippen molar-refractivity contribution in [2.75, 3.05) is 0 Å². The van der Waals surface area contributed by atoms with Crippen LogP contribution in [0.25, 0.3) is 0 Å². The normalized spacial score (nSPS) is 19.1. The van der Waals surface area contributed by atoms with Gasteiger partial charge in [-0.05, 0) is 18.9 Å². The Morgan fingerprint density at radius 2 is 2.06 bits per heavy atom. The first-order chi connectivity index (χ1) is 7.49. The van der Waals surface area contributed by atoms with E-state index in [1.165, 1.54) is 12.1 Å². The van der Waals surface area contributed by atoms with Gasteiger partial charge in [-0.1, -0.05) is 12.1 Å². The Hall–Kier alpha value is -1.62. The number of para-hydroxylation sites is 1. The Labute approximate surface area is 91.0 Å². The molecule has 3 N–H and O–H groups in total. The number of phenols is 1. The van der Waals surface area contributed by atoms with Gasteiger partial charge in [0.2, 0.25) is 0 Å². The summed E-state index contributed by atoms with van der Waals surface area (Å²) in [6, 6.07) is 3.92. The predicted octanol–water partition coefficient (Wildman–Crippen LogP) is 1.01. The number of aliphatic hydroxyl groups excluding tert-OH is 1. The van der Waals surface area contributed by atoms with Crippen molar-refractivity contribution >= 4 is 5.97 Å². The van der Waals surface area contributed by atoms with E-state index in [0.29, 0.717) is 12.8 Å². The van der Waals surface area contributed by atoms with Crippen LogP contribution in [0.1, 0.15) is 18.4 Å². The molecule has 1 unspecified atom stereocenters. The van der Waals surface area contributed by atoms with Crippen LogP contribution >= 0.6 is 0 Å². The third-order valence-electron chi connectivity index (χ3n) is 3.07. The Bertz CT molecular complexity index is 440. The number of rotatable bonds is 3. The molecule has 16 heavy (non-hydrogen) atoms. The van der Waals surface area contributed by atoms with Gasteiger partial charge in [0.25, 0.3) is 0 Å². The molecule has 0 radical (unpaired) electrons. The summed E-state index contributed by atoms with van der Waals surface area (Å²) in [5, 5.41) is 27.8. The number of aliphatic carboxylic acids is 1. The lowest BCUT2D eigenvalue weighted by molar-refractivity contribution is -0.148. The van der Waals surface area contributed by atoms with Gasteiger partial charge in [0, 0.05) is 11.0 Å². The molecule has 5 heteroatoms. The molecular weight excluding hydrogens is 215 g/mol. The number of phenolic OH excluding ortho intramolecular Hbond substituents is 1. The maximum Gasteiger partial charge on any atom is 0.333 e. The minimum absolute atomic E-state index is 0.169. The predicted molar refractivity (Wildman–Crippen MR) is 52.6 cm³/mol. The molecule has 1 saturated carbocycles. The highest BCUT2D eigenvalue weighted by Gasteiger charge is 2.55. The van der Waals surface area contributed by atoms with Gasteiger partial charge in [-0.25, -0.2) is 9.18 Å². The Morgan fingerprint density at radius 3 is 2.56 bits per heavy atom. The molecule has 0 heterocycles. The van der Waals surface area contributed by atoms with Gasteiger partial charge in [-0.2, -0.15) is 0 Å². The van der Waals surface area contributed by atoms with Crippen molar-refractivity contribution in [1.29, 1.82) is 0 Å². The van der Waals surface area contributed by atoms with Crippen molar-refractivity contribution in [3.8, 4) is 5.75 Å². The number of carboxylic acid groups (broad SMARTS) is 1. The minimum Gasteiger partial charge on any atom is -0.505 e. The van der Waals surface area contributed by atoms with E-state index in [2.05, 4.69) is 0 Å². The average Bonchev–Trinajstić information content (AvgIpc) is 3.02. The van der Waals surface area contributed by atoms with Gasteiger partial charge in [-0.3, -0.25) is 0 Å². The molecule has 0 amide bonds. The lowest BCUT2D eigenvalue weighted by Crippen LogP contribution is -2.34. The van der Waals surface area contributed by atoms with E-state index in [-0.39, 0.29) is 5.56 Å². The molecule has 1 aromatic rings. The summed E-state index contributed by atoms with van der Waals surface area (Å²) in [5.74, 6) is -2.73. The van der Waals surface area contributed by atoms with E-state index in [1.807, 2.05) is 0 Å². The van der Waals surface area contributed by atoms with E-state index in [0.717, 1.165) is 6.07 Å². The zero-order chi connectivity index (χ0) is 11.9. The third-order valence-corrected chi connectivity index (χ3v) is 3.07. The number of hydrogen-bond donors (Lipinski definition) is 3. The van der Waals surface area contributed by atoms with Crippen molar-refractivity contribution in [3.63, 3.8) is 0 Å². The van der Waals surface area contributed by atoms with Gasteiger partial charge in [0.1, 0.15) is 0 Å². The van der Waals surface area contributed by atoms with E-state index in [1.54, 1.807) is 0 Å². The van der Waals surface area contributed by atoms with Crippen molar-refractivity contribution in [2.45, 2.75) is 24.4 Å². The minimum atomic E-state index is -1.61. The lowest BCUT2D eigenvalue weighted by atomic mass is 9.89. The maximum absolute atomic E-state index is 13.1. The van der Waals surface area contributed by atoms with Crippen LogP contribution in [0.2, 0.25) is 0 Å². The van der Waals surface area contributed by atoms with E-state index >= 15 is 0 Å². The van der Waals surface area contributed by atoms with Crippen LogP contribution in [-0.4, -0.2) is 27.4 Å². The zero-order valence-corrected chi connectivity index (χ0v) is 8.35. The molecule has 1 fully saturated rings. The average molecular weight is 226 g/mol. The molecule has 0 spiro atoms. The second kappa shape index (κ2) is 3.45. The highest BCUT2D eigenvalue weighted by Crippen LogP contribution is 2.54.